The predicted octanol–water partition coefficient (Wildman–Crippen LogP) is 4.07. The monoisotopic (exact) mass is 462 g/mol. The molecular formula is C24H26N6O2S. The molecule has 4 aromatic rings. The fourth-order valence-corrected chi connectivity index (χ4v) is 4.16. The van der Waals surface area contributed by atoms with Crippen molar-refractivity contribution in [3.63, 3.8) is 0 Å². The van der Waals surface area contributed by atoms with E-state index >= 15 is 0 Å². The quantitative estimate of drug-likeness (QED) is 0.381. The molecule has 0 amide bonds. The van der Waals surface area contributed by atoms with E-state index in [9.17, 15) is 0 Å². The van der Waals surface area contributed by atoms with Gasteiger partial charge in [0.25, 0.3) is 10.7 Å². The van der Waals surface area contributed by atoms with Crippen molar-refractivity contribution in [3.8, 4) is 5.88 Å². The predicted molar refractivity (Wildman–Crippen MR) is 129 cm³/mol. The highest BCUT2D eigenvalue weighted by atomic mass is 32.1. The Hall–Kier alpha value is -3.30. The van der Waals surface area contributed by atoms with Crippen LogP contribution in [0.5, 0.6) is 5.88 Å². The third kappa shape index (κ3) is 4.89. The van der Waals surface area contributed by atoms with Crippen LogP contribution in [-0.2, 0) is 19.7 Å². The van der Waals surface area contributed by atoms with E-state index in [2.05, 4.69) is 49.1 Å². The first-order valence-electron chi connectivity index (χ1n) is 11.2. The largest absolute Gasteiger partial charge is 0.467 e. The summed E-state index contributed by atoms with van der Waals surface area (Å²) in [5, 5.41) is 5.41. The van der Waals surface area contributed by atoms with Crippen molar-refractivity contribution in [2.45, 2.75) is 26.6 Å². The summed E-state index contributed by atoms with van der Waals surface area (Å²) in [4.78, 5) is 14.2. The fraction of sp³-hybridized carbons (Fsp3) is 0.333. The van der Waals surface area contributed by atoms with Gasteiger partial charge in [-0.25, -0.2) is 9.67 Å². The van der Waals surface area contributed by atoms with Gasteiger partial charge in [-0.05, 0) is 36.5 Å². The van der Waals surface area contributed by atoms with Crippen molar-refractivity contribution in [2.75, 3.05) is 31.1 Å². The number of anilines is 1. The van der Waals surface area contributed by atoms with E-state index in [4.69, 9.17) is 21.4 Å². The van der Waals surface area contributed by atoms with Gasteiger partial charge in [0.15, 0.2) is 6.61 Å². The molecule has 0 atom stereocenters. The Morgan fingerprint density at radius 3 is 2.52 bits per heavy atom. The molecule has 170 valence electrons. The molecule has 0 aliphatic carbocycles. The van der Waals surface area contributed by atoms with Crippen LogP contribution in [0.1, 0.15) is 18.6 Å². The number of hydrogen-bond acceptors (Lipinski definition) is 8. The van der Waals surface area contributed by atoms with Crippen molar-refractivity contribution < 1.29 is 9.15 Å². The molecule has 0 unspecified atom stereocenters. The minimum atomic E-state index is 0.155. The molecule has 8 nitrogen and oxygen atoms in total. The summed E-state index contributed by atoms with van der Waals surface area (Å²) in [5.74, 6) is 1.71. The Bertz CT molecular complexity index is 1280. The van der Waals surface area contributed by atoms with E-state index < -0.39 is 0 Å². The van der Waals surface area contributed by atoms with Crippen LogP contribution >= 0.6 is 12.2 Å². The summed E-state index contributed by atoms with van der Waals surface area (Å²) in [7, 11) is 0. The molecule has 5 rings (SSSR count). The van der Waals surface area contributed by atoms with Gasteiger partial charge in [-0.1, -0.05) is 37.3 Å². The first-order valence-corrected chi connectivity index (χ1v) is 11.6. The van der Waals surface area contributed by atoms with Gasteiger partial charge in [-0.2, -0.15) is 4.98 Å². The van der Waals surface area contributed by atoms with Crippen LogP contribution in [0.25, 0.3) is 10.9 Å². The summed E-state index contributed by atoms with van der Waals surface area (Å²) in [6.45, 7) is 6.57. The number of benzene rings is 2. The lowest BCUT2D eigenvalue weighted by atomic mass is 10.2. The van der Waals surface area contributed by atoms with Crippen LogP contribution in [0.2, 0.25) is 0 Å². The van der Waals surface area contributed by atoms with Gasteiger partial charge in [0, 0.05) is 38.3 Å². The van der Waals surface area contributed by atoms with E-state index in [1.54, 1.807) is 4.68 Å². The Labute approximate surface area is 197 Å². The van der Waals surface area contributed by atoms with Gasteiger partial charge < -0.3 is 14.1 Å². The normalized spacial score (nSPS) is 14.6. The van der Waals surface area contributed by atoms with Crippen molar-refractivity contribution in [2.24, 2.45) is 0 Å². The van der Waals surface area contributed by atoms with Crippen molar-refractivity contribution in [1.29, 1.82) is 0 Å². The zero-order valence-electron chi connectivity index (χ0n) is 18.6. The van der Waals surface area contributed by atoms with Crippen LogP contribution in [0.4, 0.5) is 5.69 Å². The van der Waals surface area contributed by atoms with Crippen LogP contribution in [-0.4, -0.2) is 50.8 Å². The van der Waals surface area contributed by atoms with Crippen molar-refractivity contribution in [1.82, 2.24) is 24.6 Å². The summed E-state index contributed by atoms with van der Waals surface area (Å²) in [5.41, 5.74) is 2.12. The third-order valence-corrected chi connectivity index (χ3v) is 6.03. The molecule has 2 aromatic heterocycles. The van der Waals surface area contributed by atoms with E-state index in [1.807, 2.05) is 37.3 Å². The maximum Gasteiger partial charge on any atom is 0.288 e. The molecule has 3 heterocycles. The fourth-order valence-electron chi connectivity index (χ4n) is 3.96. The second kappa shape index (κ2) is 9.68. The average molecular weight is 463 g/mol. The van der Waals surface area contributed by atoms with Crippen LogP contribution in [0.3, 0.4) is 0 Å². The number of nitrogens with zero attached hydrogens (tertiary/aromatic N) is 6. The minimum absolute atomic E-state index is 0.155. The Kier molecular flexibility index (Phi) is 6.32. The van der Waals surface area contributed by atoms with E-state index in [0.29, 0.717) is 23.3 Å². The lowest BCUT2D eigenvalue weighted by Crippen LogP contribution is -2.46. The van der Waals surface area contributed by atoms with Gasteiger partial charge >= 0.3 is 0 Å². The molecule has 1 fully saturated rings. The maximum atomic E-state index is 5.98. The van der Waals surface area contributed by atoms with Crippen molar-refractivity contribution in [3.05, 3.63) is 71.1 Å². The van der Waals surface area contributed by atoms with Gasteiger partial charge in [-0.15, -0.1) is 5.10 Å². The number of rotatable bonds is 7. The average Bonchev–Trinajstić information content (AvgIpc) is 3.22. The summed E-state index contributed by atoms with van der Waals surface area (Å²) < 4.78 is 13.4. The number of ether oxygens (including phenoxy) is 1. The molecule has 0 N–H and O–H groups in total. The lowest BCUT2D eigenvalue weighted by Gasteiger charge is -2.35. The van der Waals surface area contributed by atoms with Gasteiger partial charge in [0.2, 0.25) is 5.88 Å². The molecule has 33 heavy (non-hydrogen) atoms. The van der Waals surface area contributed by atoms with E-state index in [0.717, 1.165) is 49.3 Å². The van der Waals surface area contributed by atoms with Gasteiger partial charge in [0.05, 0.1) is 17.6 Å². The molecule has 0 bridgehead atoms. The summed E-state index contributed by atoms with van der Waals surface area (Å²) in [6.07, 6.45) is 0.730. The highest BCUT2D eigenvalue weighted by molar-refractivity contribution is 7.71. The SMILES string of the molecule is CCc1nc(OCc2nn(CN3CCN(c4ccccc4)CC3)c(=S)o2)c2ccccc2n1. The molecule has 9 heteroatoms. The molecule has 0 radical (unpaired) electrons. The minimum Gasteiger partial charge on any atom is -0.467 e. The molecule has 0 saturated carbocycles. The Morgan fingerprint density at radius 2 is 1.73 bits per heavy atom. The van der Waals surface area contributed by atoms with E-state index in [1.165, 1.54) is 5.69 Å². The Morgan fingerprint density at radius 1 is 0.970 bits per heavy atom. The first-order chi connectivity index (χ1) is 16.2. The zero-order chi connectivity index (χ0) is 22.6. The maximum absolute atomic E-state index is 5.98. The second-order valence-electron chi connectivity index (χ2n) is 7.95. The van der Waals surface area contributed by atoms with Crippen LogP contribution < -0.4 is 9.64 Å². The summed E-state index contributed by atoms with van der Waals surface area (Å²) >= 11 is 5.40. The molecule has 1 aliphatic rings. The lowest BCUT2D eigenvalue weighted by molar-refractivity contribution is 0.192. The molecule has 2 aromatic carbocycles. The zero-order valence-corrected chi connectivity index (χ0v) is 19.4. The number of fused-ring (bicyclic) bond motifs is 1. The smallest absolute Gasteiger partial charge is 0.288 e. The number of aromatic nitrogens is 4. The topological polar surface area (TPSA) is 72.5 Å². The highest BCUT2D eigenvalue weighted by Gasteiger charge is 2.19. The summed E-state index contributed by atoms with van der Waals surface area (Å²) in [6, 6.07) is 18.3. The molecule has 1 aliphatic heterocycles. The number of hydrogen-bond donors (Lipinski definition) is 0. The number of aryl methyl sites for hydroxylation is 1. The second-order valence-corrected chi connectivity index (χ2v) is 8.30. The Balaban J connectivity index is 1.22. The standard InChI is InChI=1S/C24H26N6O2S/c1-2-21-25-20-11-7-6-10-19(20)23(26-21)31-16-22-27-30(24(33)32-22)17-28-12-14-29(15-13-28)18-8-4-3-5-9-18/h3-11H,2,12-17H2,1H3. The number of piperazine rings is 1. The molecular weight excluding hydrogens is 436 g/mol. The molecule has 1 saturated heterocycles. The third-order valence-electron chi connectivity index (χ3n) is 5.74. The van der Waals surface area contributed by atoms with Gasteiger partial charge in [-0.3, -0.25) is 4.90 Å². The molecule has 0 spiro atoms. The van der Waals surface area contributed by atoms with Gasteiger partial charge in [0.1, 0.15) is 5.82 Å². The number of para-hydroxylation sites is 2. The van der Waals surface area contributed by atoms with Crippen molar-refractivity contribution >= 4 is 28.8 Å². The van der Waals surface area contributed by atoms with Crippen LogP contribution in [0.15, 0.2) is 59.0 Å². The van der Waals surface area contributed by atoms with Crippen LogP contribution in [0, 0.1) is 4.84 Å². The highest BCUT2D eigenvalue weighted by Crippen LogP contribution is 2.23. The first kappa shape index (κ1) is 21.5. The van der Waals surface area contributed by atoms with E-state index in [-0.39, 0.29) is 6.61 Å².